The smallest absolute Gasteiger partial charge is 0.328 e. The Labute approximate surface area is 186 Å². The second kappa shape index (κ2) is 12.5. The van der Waals surface area contributed by atoms with Gasteiger partial charge in [-0.3, -0.25) is 20.2 Å². The summed E-state index contributed by atoms with van der Waals surface area (Å²) in [6.07, 6.45) is 4.93. The summed E-state index contributed by atoms with van der Waals surface area (Å²) in [5.74, 6) is -2.12. The van der Waals surface area contributed by atoms with E-state index in [0.29, 0.717) is 12.8 Å². The summed E-state index contributed by atoms with van der Waals surface area (Å²) in [4.78, 5) is 49.2. The van der Waals surface area contributed by atoms with Crippen molar-refractivity contribution in [2.24, 2.45) is 11.3 Å². The van der Waals surface area contributed by atoms with E-state index in [9.17, 15) is 19.2 Å². The number of imide groups is 2. The normalized spacial score (nSPS) is 19.7. The van der Waals surface area contributed by atoms with Crippen LogP contribution in [0.4, 0.5) is 4.79 Å². The molecule has 2 heterocycles. The van der Waals surface area contributed by atoms with E-state index in [1.165, 1.54) is 12.8 Å². The maximum absolute atomic E-state index is 12.4. The minimum Gasteiger partial charge on any atom is -0.379 e. The molecule has 8 nitrogen and oxygen atoms in total. The number of likely N-dealkylation sites (tertiary alicyclic amines) is 1. The quantitative estimate of drug-likeness (QED) is 0.417. The van der Waals surface area contributed by atoms with Crippen LogP contribution in [0.15, 0.2) is 0 Å². The number of rotatable bonds is 5. The van der Waals surface area contributed by atoms with Gasteiger partial charge in [-0.2, -0.15) is 6.42 Å². The summed E-state index contributed by atoms with van der Waals surface area (Å²) in [5, 5.41) is 6.72. The second-order valence-electron chi connectivity index (χ2n) is 6.77. The molecule has 2 fully saturated rings. The van der Waals surface area contributed by atoms with Crippen molar-refractivity contribution >= 4 is 23.8 Å². The molecular formula is C18H30N4O4Y-2. The molecule has 9 heteroatoms. The molecule has 0 aromatic heterocycles. The maximum atomic E-state index is 12.4. The first kappa shape index (κ1) is 26.0. The zero-order valence-electron chi connectivity index (χ0n) is 16.3. The summed E-state index contributed by atoms with van der Waals surface area (Å²) in [6, 6.07) is -0.825. The molecule has 2 rings (SSSR count). The van der Waals surface area contributed by atoms with Crippen molar-refractivity contribution in [2.75, 3.05) is 26.7 Å². The van der Waals surface area contributed by atoms with E-state index in [1.807, 2.05) is 7.05 Å². The Balaban J connectivity index is 0.00000100. The summed E-state index contributed by atoms with van der Waals surface area (Å²) in [7, 11) is 1.96. The molecule has 0 bridgehead atoms. The van der Waals surface area contributed by atoms with Gasteiger partial charge in [0, 0.05) is 39.3 Å². The van der Waals surface area contributed by atoms with E-state index < -0.39 is 29.2 Å². The molecule has 2 saturated heterocycles. The van der Waals surface area contributed by atoms with Crippen LogP contribution in [-0.4, -0.2) is 55.3 Å². The molecule has 1 radical (unpaired) electrons. The Morgan fingerprint density at radius 2 is 1.74 bits per heavy atom. The number of hydrogen-bond donors (Lipinski definition) is 3. The third-order valence-corrected chi connectivity index (χ3v) is 4.85. The Morgan fingerprint density at radius 3 is 2.11 bits per heavy atom. The van der Waals surface area contributed by atoms with Gasteiger partial charge >= 0.3 is 6.03 Å². The molecule has 0 aromatic rings. The fourth-order valence-electron chi connectivity index (χ4n) is 3.23. The fraction of sp³-hybridized carbons (Fsp3) is 0.667. The van der Waals surface area contributed by atoms with E-state index in [4.69, 9.17) is 0 Å². The van der Waals surface area contributed by atoms with Crippen LogP contribution in [0, 0.1) is 25.2 Å². The molecule has 0 atom stereocenters. The molecule has 0 saturated carbocycles. The third-order valence-electron chi connectivity index (χ3n) is 4.85. The van der Waals surface area contributed by atoms with Gasteiger partial charge in [0.1, 0.15) is 5.41 Å². The van der Waals surface area contributed by atoms with Crippen molar-refractivity contribution in [3.8, 4) is 0 Å². The largest absolute Gasteiger partial charge is 0.379 e. The maximum Gasteiger partial charge on any atom is 0.328 e. The van der Waals surface area contributed by atoms with Gasteiger partial charge in [-0.25, -0.2) is 4.79 Å². The number of barbiturate groups is 1. The van der Waals surface area contributed by atoms with Crippen LogP contribution in [0.25, 0.3) is 0 Å². The minimum absolute atomic E-state index is 0. The zero-order chi connectivity index (χ0) is 19.7. The Morgan fingerprint density at radius 1 is 1.22 bits per heavy atom. The second-order valence-corrected chi connectivity index (χ2v) is 6.77. The van der Waals surface area contributed by atoms with Gasteiger partial charge in [0.05, 0.1) is 5.91 Å². The van der Waals surface area contributed by atoms with Gasteiger partial charge < -0.3 is 28.9 Å². The van der Waals surface area contributed by atoms with E-state index in [2.05, 4.69) is 41.6 Å². The molecule has 151 valence electrons. The standard InChI is InChI=1S/C13H19N4O4.C5H11.Y/c1-8(18)14-7-13(9-3-5-17(2)6-4-9)10(19)15-12(21)16-11(13)20;1-3-5-4-2;/h9H,1,3-7H2,2H3,(H,14,18)(H2,15,16,19,20,21);1,3-5H2,2H3;/q2*-1;. The van der Waals surface area contributed by atoms with Gasteiger partial charge in [-0.15, -0.1) is 0 Å². The Hall–Kier alpha value is -0.986. The van der Waals surface area contributed by atoms with Crippen LogP contribution in [0.3, 0.4) is 0 Å². The number of amides is 5. The molecule has 3 N–H and O–H groups in total. The summed E-state index contributed by atoms with van der Waals surface area (Å²) in [6.45, 7) is 10.4. The first-order chi connectivity index (χ1) is 12.3. The summed E-state index contributed by atoms with van der Waals surface area (Å²) < 4.78 is 0. The number of nitrogens with one attached hydrogen (secondary N) is 3. The Kier molecular flexibility index (Phi) is 12.0. The van der Waals surface area contributed by atoms with Crippen molar-refractivity contribution in [1.82, 2.24) is 20.9 Å². The number of unbranched alkanes of at least 4 members (excludes halogenated alkanes) is 2. The molecule has 2 aliphatic heterocycles. The van der Waals surface area contributed by atoms with Crippen molar-refractivity contribution < 1.29 is 51.9 Å². The third kappa shape index (κ3) is 7.16. The van der Waals surface area contributed by atoms with E-state index in [1.54, 1.807) is 0 Å². The molecule has 27 heavy (non-hydrogen) atoms. The van der Waals surface area contributed by atoms with Crippen LogP contribution in [0.2, 0.25) is 0 Å². The molecular weight excluding hydrogens is 425 g/mol. The number of hydrogen-bond acceptors (Lipinski definition) is 5. The minimum atomic E-state index is -1.46. The van der Waals surface area contributed by atoms with Crippen molar-refractivity contribution in [3.63, 3.8) is 0 Å². The average molecular weight is 455 g/mol. The first-order valence-corrected chi connectivity index (χ1v) is 9.02. The molecule has 0 spiro atoms. The van der Waals surface area contributed by atoms with Crippen molar-refractivity contribution in [2.45, 2.75) is 39.0 Å². The van der Waals surface area contributed by atoms with E-state index in [-0.39, 0.29) is 45.2 Å². The van der Waals surface area contributed by atoms with Crippen molar-refractivity contribution in [3.05, 3.63) is 13.8 Å². The topological polar surface area (TPSA) is 108 Å². The summed E-state index contributed by atoms with van der Waals surface area (Å²) >= 11 is 0. The van der Waals surface area contributed by atoms with Crippen LogP contribution >= 0.6 is 0 Å². The predicted octanol–water partition coefficient (Wildman–Crippen LogP) is 0.639. The zero-order valence-corrected chi connectivity index (χ0v) is 19.1. The molecule has 0 unspecified atom stereocenters. The van der Waals surface area contributed by atoms with Crippen LogP contribution in [-0.2, 0) is 47.1 Å². The van der Waals surface area contributed by atoms with E-state index in [0.717, 1.165) is 19.5 Å². The van der Waals surface area contributed by atoms with E-state index >= 15 is 0 Å². The number of nitrogens with zero attached hydrogens (tertiary/aromatic N) is 1. The number of piperidine rings is 1. The monoisotopic (exact) mass is 455 g/mol. The van der Waals surface area contributed by atoms with Crippen molar-refractivity contribution in [1.29, 1.82) is 0 Å². The Bertz CT molecular complexity index is 511. The van der Waals surface area contributed by atoms with Gasteiger partial charge in [0.15, 0.2) is 0 Å². The molecule has 0 aliphatic carbocycles. The van der Waals surface area contributed by atoms with Gasteiger partial charge in [-0.1, -0.05) is 19.8 Å². The fourth-order valence-corrected chi connectivity index (χ4v) is 3.23. The summed E-state index contributed by atoms with van der Waals surface area (Å²) in [5.41, 5.74) is -1.46. The number of carbonyl (C=O) groups excluding carboxylic acids is 4. The average Bonchev–Trinajstić information content (AvgIpc) is 2.57. The van der Waals surface area contributed by atoms with Crippen LogP contribution in [0.5, 0.6) is 0 Å². The van der Waals surface area contributed by atoms with Crippen LogP contribution < -0.4 is 16.0 Å². The SMILES string of the molecule is [CH2-]C(=O)NCC1(C2CCN(C)CC2)C(=O)NC(=O)NC1=O.[CH2-]CCCC.[Y]. The van der Waals surface area contributed by atoms with Gasteiger partial charge in [-0.05, 0) is 38.9 Å². The first-order valence-electron chi connectivity index (χ1n) is 9.02. The molecule has 2 aliphatic rings. The predicted molar refractivity (Wildman–Crippen MR) is 97.6 cm³/mol. The van der Waals surface area contributed by atoms with Gasteiger partial charge in [0.25, 0.3) is 0 Å². The number of carbonyl (C=O) groups is 4. The van der Waals surface area contributed by atoms with Gasteiger partial charge in [0.2, 0.25) is 11.8 Å². The molecule has 5 amide bonds. The molecule has 0 aromatic carbocycles. The van der Waals surface area contributed by atoms with Crippen LogP contribution in [0.1, 0.15) is 39.0 Å². The number of urea groups is 1.